The summed E-state index contributed by atoms with van der Waals surface area (Å²) in [7, 11) is -9.99. The van der Waals surface area contributed by atoms with Gasteiger partial charge >= 0.3 is 39.5 Å². The van der Waals surface area contributed by atoms with Gasteiger partial charge in [-0.2, -0.15) is 0 Å². The highest BCUT2D eigenvalue weighted by atomic mass is 31.2. The van der Waals surface area contributed by atoms with Crippen molar-refractivity contribution < 1.29 is 80.2 Å². The Hall–Kier alpha value is -4.80. The van der Waals surface area contributed by atoms with Crippen molar-refractivity contribution in [2.24, 2.45) is 0 Å². The molecule has 0 spiro atoms. The van der Waals surface area contributed by atoms with Crippen molar-refractivity contribution in [2.75, 3.05) is 39.6 Å². The van der Waals surface area contributed by atoms with E-state index in [4.69, 9.17) is 37.0 Å². The lowest BCUT2D eigenvalue weighted by Gasteiger charge is -2.21. The maximum Gasteiger partial charge on any atom is 0.472 e. The summed E-state index contributed by atoms with van der Waals surface area (Å²) in [6.45, 7) is 4.61. The summed E-state index contributed by atoms with van der Waals surface area (Å²) >= 11 is 0. The van der Waals surface area contributed by atoms with Gasteiger partial charge in [0, 0.05) is 25.7 Å². The Kier molecular flexibility index (Phi) is 72.9. The van der Waals surface area contributed by atoms with Crippen molar-refractivity contribution in [2.45, 2.75) is 341 Å². The van der Waals surface area contributed by atoms with Crippen LogP contribution in [0.25, 0.3) is 0 Å². The number of rotatable bonds is 75. The summed E-state index contributed by atoms with van der Waals surface area (Å²) in [5.74, 6) is -2.25. The molecule has 3 unspecified atom stereocenters. The van der Waals surface area contributed by atoms with Crippen LogP contribution in [-0.4, -0.2) is 96.7 Å². The number of hydrogen-bond acceptors (Lipinski definition) is 15. The molecule has 0 heterocycles. The summed E-state index contributed by atoms with van der Waals surface area (Å²) in [6, 6.07) is 0. The standard InChI is InChI=1S/C85H144O17P2/c1-5-9-13-17-21-25-29-33-37-39-43-46-50-54-58-62-66-70-83(88)96-76-81(102-85(90)72-68-64-60-56-52-48-44-40-38-34-30-26-22-18-14-10-6-2)78-100-104(93,94)98-74-79(86)73-97-103(91,92)99-77-80(101-84(89)71-67-63-59-55-51-47-42-36-32-28-24-20-16-12-8-4)75-95-82(87)69-65-61-57-53-49-45-41-35-31-27-23-19-15-11-7-3/h9,13,21-28,33-38,41-44,46,48,79-81,86H,5-8,10-12,14-20,29-32,39-40,45,47,49-78H2,1-4H3,(H,91,92)(H,93,94)/t79?,80-,81-/m1/s1. The second kappa shape index (κ2) is 76.4. The lowest BCUT2D eigenvalue weighted by Crippen LogP contribution is -2.30. The van der Waals surface area contributed by atoms with E-state index in [0.29, 0.717) is 25.7 Å². The van der Waals surface area contributed by atoms with Gasteiger partial charge in [0.15, 0.2) is 12.2 Å². The molecular weight excluding hydrogens is 1350 g/mol. The van der Waals surface area contributed by atoms with Crippen molar-refractivity contribution in [3.05, 3.63) is 134 Å². The first-order valence-corrected chi connectivity index (χ1v) is 43.4. The number of phosphoric ester groups is 2. The van der Waals surface area contributed by atoms with Crippen LogP contribution >= 0.6 is 15.6 Å². The highest BCUT2D eigenvalue weighted by Crippen LogP contribution is 2.45. The maximum absolute atomic E-state index is 13.1. The van der Waals surface area contributed by atoms with Gasteiger partial charge in [0.25, 0.3) is 0 Å². The Morgan fingerprint density at radius 1 is 0.279 bits per heavy atom. The van der Waals surface area contributed by atoms with Crippen LogP contribution in [0.2, 0.25) is 0 Å². The number of carbonyl (C=O) groups is 4. The van der Waals surface area contributed by atoms with Crippen molar-refractivity contribution in [1.82, 2.24) is 0 Å². The number of ether oxygens (including phenoxy) is 4. The number of hydrogen-bond donors (Lipinski definition) is 3. The molecule has 17 nitrogen and oxygen atoms in total. The van der Waals surface area contributed by atoms with E-state index in [-0.39, 0.29) is 25.7 Å². The minimum Gasteiger partial charge on any atom is -0.462 e. The summed E-state index contributed by atoms with van der Waals surface area (Å²) in [6.07, 6.45) is 85.6. The van der Waals surface area contributed by atoms with Gasteiger partial charge in [0.2, 0.25) is 0 Å². The molecule has 596 valence electrons. The summed E-state index contributed by atoms with van der Waals surface area (Å²) in [5, 5.41) is 10.6. The fourth-order valence-electron chi connectivity index (χ4n) is 10.4. The van der Waals surface area contributed by atoms with Crippen molar-refractivity contribution in [3.8, 4) is 0 Å². The number of allylic oxidation sites excluding steroid dienone is 22. The molecule has 0 saturated heterocycles. The zero-order valence-electron chi connectivity index (χ0n) is 65.2. The number of esters is 4. The second-order valence-electron chi connectivity index (χ2n) is 26.6. The minimum atomic E-state index is -5.00. The molecule has 104 heavy (non-hydrogen) atoms. The Morgan fingerprint density at radius 3 is 0.769 bits per heavy atom. The van der Waals surface area contributed by atoms with Crippen LogP contribution < -0.4 is 0 Å². The van der Waals surface area contributed by atoms with Crippen molar-refractivity contribution in [1.29, 1.82) is 0 Å². The molecule has 19 heteroatoms. The highest BCUT2D eigenvalue weighted by molar-refractivity contribution is 7.47. The van der Waals surface area contributed by atoms with E-state index in [1.54, 1.807) is 0 Å². The van der Waals surface area contributed by atoms with Crippen LogP contribution in [-0.2, 0) is 65.4 Å². The molecule has 3 N–H and O–H groups in total. The van der Waals surface area contributed by atoms with Gasteiger partial charge < -0.3 is 33.8 Å². The number of aliphatic hydroxyl groups excluding tert-OH is 1. The van der Waals surface area contributed by atoms with E-state index in [1.807, 2.05) is 0 Å². The Morgan fingerprint density at radius 2 is 0.500 bits per heavy atom. The topological polar surface area (TPSA) is 237 Å². The van der Waals surface area contributed by atoms with Gasteiger partial charge in [-0.1, -0.05) is 264 Å². The van der Waals surface area contributed by atoms with Crippen molar-refractivity contribution >= 4 is 39.5 Å². The smallest absolute Gasteiger partial charge is 0.462 e. The van der Waals surface area contributed by atoms with Gasteiger partial charge in [-0.3, -0.25) is 37.3 Å². The molecule has 0 saturated carbocycles. The summed E-state index contributed by atoms with van der Waals surface area (Å²) in [5.41, 5.74) is 0. The SMILES string of the molecule is CCC=CCC=CCC=CCC=CCCCCCCC(=O)OC[C@H](COP(=O)(O)OCC(O)COP(=O)(O)OC[C@@H](COC(=O)CCCCCCCC=CCC=CCCCCC)OC(=O)CCCCCCCC=CCC=CCCCCC)OC(=O)CCCCCCC=CCC=CCC=CCCCCC. The number of phosphoric acid groups is 2. The van der Waals surface area contributed by atoms with Gasteiger partial charge in [0.1, 0.15) is 19.3 Å². The normalized spacial score (nSPS) is 14.6. The minimum absolute atomic E-state index is 0.0599. The maximum atomic E-state index is 13.1. The highest BCUT2D eigenvalue weighted by Gasteiger charge is 2.30. The summed E-state index contributed by atoms with van der Waals surface area (Å²) in [4.78, 5) is 73.1. The number of carbonyl (C=O) groups excluding carboxylic acids is 4. The van der Waals surface area contributed by atoms with E-state index < -0.39 is 97.5 Å². The third-order valence-corrected chi connectivity index (χ3v) is 18.5. The quantitative estimate of drug-likeness (QED) is 0.0169. The van der Waals surface area contributed by atoms with Crippen LogP contribution in [0, 0.1) is 0 Å². The molecule has 0 amide bonds. The monoisotopic (exact) mass is 1500 g/mol. The molecule has 0 rings (SSSR count). The van der Waals surface area contributed by atoms with Crippen LogP contribution in [0.15, 0.2) is 134 Å². The Bertz CT molecular complexity index is 2490. The number of unbranched alkanes of at least 4 members (excludes halogenated alkanes) is 27. The molecule has 0 aliphatic rings. The van der Waals surface area contributed by atoms with E-state index in [2.05, 4.69) is 161 Å². The zero-order valence-corrected chi connectivity index (χ0v) is 66.9. The average molecular weight is 1500 g/mol. The van der Waals surface area contributed by atoms with Gasteiger partial charge in [-0.25, -0.2) is 9.13 Å². The first kappa shape index (κ1) is 99.2. The first-order valence-electron chi connectivity index (χ1n) is 40.4. The molecule has 0 aliphatic heterocycles. The predicted molar refractivity (Wildman–Crippen MR) is 427 cm³/mol. The van der Waals surface area contributed by atoms with E-state index in [9.17, 15) is 43.2 Å². The van der Waals surface area contributed by atoms with Gasteiger partial charge in [-0.15, -0.1) is 0 Å². The van der Waals surface area contributed by atoms with Crippen LogP contribution in [0.3, 0.4) is 0 Å². The zero-order chi connectivity index (χ0) is 76.0. The first-order chi connectivity index (χ1) is 50.7. The molecule has 0 aromatic rings. The molecule has 0 aliphatic carbocycles. The molecular formula is C85H144O17P2. The Labute approximate surface area is 631 Å². The Balaban J connectivity index is 5.44. The van der Waals surface area contributed by atoms with Crippen LogP contribution in [0.5, 0.6) is 0 Å². The largest absolute Gasteiger partial charge is 0.472 e. The lowest BCUT2D eigenvalue weighted by molar-refractivity contribution is -0.161. The van der Waals surface area contributed by atoms with E-state index in [1.165, 1.54) is 57.8 Å². The molecule has 0 radical (unpaired) electrons. The second-order valence-corrected chi connectivity index (χ2v) is 29.5. The van der Waals surface area contributed by atoms with Crippen LogP contribution in [0.1, 0.15) is 323 Å². The molecule has 0 fully saturated rings. The number of aliphatic hydroxyl groups is 1. The predicted octanol–water partition coefficient (Wildman–Crippen LogP) is 23.7. The van der Waals surface area contributed by atoms with Gasteiger partial charge in [-0.05, 0) is 167 Å². The fourth-order valence-corrected chi connectivity index (χ4v) is 12.0. The molecule has 5 atom stereocenters. The van der Waals surface area contributed by atoms with Gasteiger partial charge in [0.05, 0.1) is 26.4 Å². The summed E-state index contributed by atoms with van der Waals surface area (Å²) < 4.78 is 68.6. The molecule has 0 bridgehead atoms. The van der Waals surface area contributed by atoms with Crippen molar-refractivity contribution in [3.63, 3.8) is 0 Å². The average Bonchev–Trinajstić information content (AvgIpc) is 0.926. The third kappa shape index (κ3) is 75.4. The van der Waals surface area contributed by atoms with Crippen LogP contribution in [0.4, 0.5) is 0 Å². The molecule has 0 aromatic carbocycles. The lowest BCUT2D eigenvalue weighted by atomic mass is 10.1. The van der Waals surface area contributed by atoms with E-state index in [0.717, 1.165) is 186 Å². The third-order valence-electron chi connectivity index (χ3n) is 16.6. The van der Waals surface area contributed by atoms with E-state index >= 15 is 0 Å². The fraction of sp³-hybridized carbons (Fsp3) is 0.694. The molecule has 0 aromatic heterocycles.